The Morgan fingerprint density at radius 1 is 1.21 bits per heavy atom. The maximum atomic E-state index is 12.3. The zero-order chi connectivity index (χ0) is 11.4. The molecule has 0 aromatic rings. The molecule has 0 saturated carbocycles. The molecule has 0 rings (SSSR count). The molecule has 0 N–H and O–H groups in total. The van der Waals surface area contributed by atoms with Crippen LogP contribution in [-0.4, -0.2) is 18.7 Å². The van der Waals surface area contributed by atoms with Gasteiger partial charge in [-0.1, -0.05) is 19.2 Å². The highest BCUT2D eigenvalue weighted by Crippen LogP contribution is 2.39. The first-order valence-electron chi connectivity index (χ1n) is 3.56. The molecule has 0 fully saturated rings. The summed E-state index contributed by atoms with van der Waals surface area (Å²) in [6, 6.07) is 0. The van der Waals surface area contributed by atoms with Gasteiger partial charge in [-0.05, 0) is 0 Å². The van der Waals surface area contributed by atoms with Gasteiger partial charge in [0.1, 0.15) is 6.61 Å². The molecule has 0 spiro atoms. The van der Waals surface area contributed by atoms with Gasteiger partial charge in [-0.2, -0.15) is 22.0 Å². The van der Waals surface area contributed by atoms with Crippen LogP contribution < -0.4 is 0 Å². The van der Waals surface area contributed by atoms with Gasteiger partial charge < -0.3 is 4.74 Å². The minimum Gasteiger partial charge on any atom is -0.494 e. The second-order valence-electron chi connectivity index (χ2n) is 2.52. The minimum absolute atomic E-state index is 0.146. The van der Waals surface area contributed by atoms with Crippen LogP contribution in [-0.2, 0) is 4.74 Å². The van der Waals surface area contributed by atoms with Gasteiger partial charge in [0.25, 0.3) is 0 Å². The van der Waals surface area contributed by atoms with E-state index in [4.69, 9.17) is 0 Å². The maximum absolute atomic E-state index is 12.3. The number of rotatable bonds is 5. The van der Waals surface area contributed by atoms with E-state index in [1.807, 2.05) is 0 Å². The lowest BCUT2D eigenvalue weighted by atomic mass is 10.2. The van der Waals surface area contributed by atoms with E-state index < -0.39 is 24.3 Å². The van der Waals surface area contributed by atoms with Crippen molar-refractivity contribution in [3.05, 3.63) is 25.0 Å². The van der Waals surface area contributed by atoms with E-state index >= 15 is 0 Å². The second-order valence-corrected chi connectivity index (χ2v) is 2.52. The van der Waals surface area contributed by atoms with Gasteiger partial charge >= 0.3 is 12.1 Å². The predicted octanol–water partition coefficient (Wildman–Crippen LogP) is 3.29. The Bertz CT molecular complexity index is 218. The third-order valence-corrected chi connectivity index (χ3v) is 1.24. The summed E-state index contributed by atoms with van der Waals surface area (Å²) < 4.78 is 64.0. The van der Waals surface area contributed by atoms with Gasteiger partial charge in [0.05, 0.1) is 12.2 Å². The Balaban J connectivity index is 4.22. The highest BCUT2D eigenvalue weighted by molar-refractivity contribution is 4.93. The van der Waals surface area contributed by atoms with Crippen molar-refractivity contribution in [2.45, 2.75) is 18.5 Å². The molecule has 0 aromatic heterocycles. The molecule has 0 aliphatic rings. The van der Waals surface area contributed by atoms with E-state index in [9.17, 15) is 22.0 Å². The number of hydrogen-bond donors (Lipinski definition) is 0. The zero-order valence-electron chi connectivity index (χ0n) is 7.20. The van der Waals surface area contributed by atoms with Gasteiger partial charge in [-0.15, -0.1) is 0 Å². The van der Waals surface area contributed by atoms with Crippen molar-refractivity contribution in [3.63, 3.8) is 0 Å². The molecule has 1 nitrogen and oxygen atoms in total. The van der Waals surface area contributed by atoms with E-state index in [1.54, 1.807) is 0 Å². The topological polar surface area (TPSA) is 9.23 Å². The third-order valence-electron chi connectivity index (χ3n) is 1.24. The number of ether oxygens (including phenoxy) is 1. The Morgan fingerprint density at radius 3 is 2.07 bits per heavy atom. The fourth-order valence-electron chi connectivity index (χ4n) is 0.576. The summed E-state index contributed by atoms with van der Waals surface area (Å²) >= 11 is 0. The third kappa shape index (κ3) is 3.76. The van der Waals surface area contributed by atoms with E-state index in [1.165, 1.54) is 6.08 Å². The molecule has 0 amide bonds. The van der Waals surface area contributed by atoms with Gasteiger partial charge in [-0.3, -0.25) is 0 Å². The summed E-state index contributed by atoms with van der Waals surface area (Å²) in [6.45, 7) is 6.00. The fourth-order valence-corrected chi connectivity index (χ4v) is 0.576. The molecule has 6 heteroatoms. The van der Waals surface area contributed by atoms with Crippen LogP contribution in [0.5, 0.6) is 0 Å². The lowest BCUT2D eigenvalue weighted by Crippen LogP contribution is -2.36. The van der Waals surface area contributed by atoms with Gasteiger partial charge in [0.2, 0.25) is 0 Å². The maximum Gasteiger partial charge on any atom is 0.453 e. The molecule has 0 aromatic carbocycles. The van der Waals surface area contributed by atoms with Crippen molar-refractivity contribution in [1.29, 1.82) is 0 Å². The molecule has 0 saturated heterocycles. The van der Waals surface area contributed by atoms with Crippen LogP contribution in [0, 0.1) is 0 Å². The summed E-state index contributed by atoms with van der Waals surface area (Å²) in [5.74, 6) is -5.42. The summed E-state index contributed by atoms with van der Waals surface area (Å²) in [4.78, 5) is 0. The summed E-state index contributed by atoms with van der Waals surface area (Å²) in [5, 5.41) is 0. The van der Waals surface area contributed by atoms with Crippen LogP contribution in [0.1, 0.15) is 6.42 Å². The van der Waals surface area contributed by atoms with Crippen molar-refractivity contribution in [1.82, 2.24) is 0 Å². The molecule has 0 aliphatic carbocycles. The normalized spacial score (nSPS) is 12.4. The van der Waals surface area contributed by atoms with Crippen LogP contribution >= 0.6 is 0 Å². The zero-order valence-corrected chi connectivity index (χ0v) is 7.20. The van der Waals surface area contributed by atoms with Crippen molar-refractivity contribution >= 4 is 0 Å². The molecule has 82 valence electrons. The predicted molar refractivity (Wildman–Crippen MR) is 40.9 cm³/mol. The first kappa shape index (κ1) is 12.9. The first-order chi connectivity index (χ1) is 6.20. The molecule has 0 bridgehead atoms. The minimum atomic E-state index is -5.58. The smallest absolute Gasteiger partial charge is 0.453 e. The highest BCUT2D eigenvalue weighted by atomic mass is 19.4. The van der Waals surface area contributed by atoms with E-state index in [2.05, 4.69) is 17.9 Å². The first-order valence-corrected chi connectivity index (χ1v) is 3.56. The van der Waals surface area contributed by atoms with E-state index in [0.29, 0.717) is 0 Å². The highest BCUT2D eigenvalue weighted by Gasteiger charge is 2.57. The SMILES string of the molecule is C=CCOC(=C)CC(F)(F)C(F)(F)F. The van der Waals surface area contributed by atoms with E-state index in [0.717, 1.165) is 0 Å². The number of hydrogen-bond acceptors (Lipinski definition) is 1. The summed E-state index contributed by atoms with van der Waals surface area (Å²) in [7, 11) is 0. The Hall–Kier alpha value is -1.07. The van der Waals surface area contributed by atoms with Crippen LogP contribution in [0.3, 0.4) is 0 Å². The molecular weight excluding hydrogens is 207 g/mol. The van der Waals surface area contributed by atoms with Crippen LogP contribution in [0.4, 0.5) is 22.0 Å². The van der Waals surface area contributed by atoms with Crippen LogP contribution in [0.25, 0.3) is 0 Å². The molecule has 0 aliphatic heterocycles. The Morgan fingerprint density at radius 2 is 1.71 bits per heavy atom. The number of alkyl halides is 5. The Labute approximate surface area is 77.9 Å². The van der Waals surface area contributed by atoms with Gasteiger partial charge in [-0.25, -0.2) is 0 Å². The molecule has 0 unspecified atom stereocenters. The van der Waals surface area contributed by atoms with Crippen molar-refractivity contribution in [2.75, 3.05) is 6.61 Å². The fraction of sp³-hybridized carbons (Fsp3) is 0.500. The van der Waals surface area contributed by atoms with Crippen LogP contribution in [0.2, 0.25) is 0 Å². The molecule has 0 radical (unpaired) electrons. The van der Waals surface area contributed by atoms with Gasteiger partial charge in [0, 0.05) is 0 Å². The average molecular weight is 216 g/mol. The second kappa shape index (κ2) is 4.43. The summed E-state index contributed by atoms with van der Waals surface area (Å²) in [5.41, 5.74) is 0. The monoisotopic (exact) mass is 216 g/mol. The standard InChI is InChI=1S/C8H9F5O/c1-3-4-14-6(2)5-7(9,10)8(11,12)13/h3H,1-2,4-5H2. The number of allylic oxidation sites excluding steroid dienone is 1. The lowest BCUT2D eigenvalue weighted by molar-refractivity contribution is -0.283. The van der Waals surface area contributed by atoms with Crippen LogP contribution in [0.15, 0.2) is 25.0 Å². The molecular formula is C8H9F5O. The van der Waals surface area contributed by atoms with E-state index in [-0.39, 0.29) is 6.61 Å². The summed E-state index contributed by atoms with van der Waals surface area (Å²) in [6.07, 6.45) is -5.92. The number of halogens is 5. The molecule has 14 heavy (non-hydrogen) atoms. The molecule has 0 heterocycles. The molecule has 0 atom stereocenters. The van der Waals surface area contributed by atoms with Crippen molar-refractivity contribution in [2.24, 2.45) is 0 Å². The lowest BCUT2D eigenvalue weighted by Gasteiger charge is -2.20. The van der Waals surface area contributed by atoms with Gasteiger partial charge in [0.15, 0.2) is 0 Å². The quantitative estimate of drug-likeness (QED) is 0.389. The van der Waals surface area contributed by atoms with Crippen molar-refractivity contribution < 1.29 is 26.7 Å². The Kier molecular flexibility index (Phi) is 4.09. The van der Waals surface area contributed by atoms with Crippen molar-refractivity contribution in [3.8, 4) is 0 Å². The largest absolute Gasteiger partial charge is 0.494 e. The average Bonchev–Trinajstić information content (AvgIpc) is 1.97.